The summed E-state index contributed by atoms with van der Waals surface area (Å²) >= 11 is 8.59. The highest BCUT2D eigenvalue weighted by molar-refractivity contribution is 7.98. The SMILES string of the molecule is O=C(Nc1cnn(CSc2ccccc2)c1)C12C[C@@H]3C[C@@H](CC(Cl)(C3)C1)C2. The largest absolute Gasteiger partial charge is 0.323 e. The van der Waals surface area contributed by atoms with E-state index in [4.69, 9.17) is 11.6 Å². The molecule has 1 aromatic heterocycles. The number of benzene rings is 1. The lowest BCUT2D eigenvalue weighted by molar-refractivity contribution is -0.138. The van der Waals surface area contributed by atoms with Crippen molar-refractivity contribution in [2.24, 2.45) is 17.3 Å². The van der Waals surface area contributed by atoms with Crippen LogP contribution in [0.15, 0.2) is 47.6 Å². The van der Waals surface area contributed by atoms with E-state index in [-0.39, 0.29) is 16.2 Å². The molecule has 1 amide bonds. The maximum atomic E-state index is 13.2. The fraction of sp³-hybridized carbons (Fsp3) is 0.524. The zero-order valence-electron chi connectivity index (χ0n) is 15.2. The summed E-state index contributed by atoms with van der Waals surface area (Å²) in [6, 6.07) is 10.3. The van der Waals surface area contributed by atoms with Crippen LogP contribution in [0.25, 0.3) is 0 Å². The molecule has 1 heterocycles. The van der Waals surface area contributed by atoms with Gasteiger partial charge in [0.1, 0.15) is 0 Å². The van der Waals surface area contributed by atoms with Gasteiger partial charge in [-0.15, -0.1) is 23.4 Å². The highest BCUT2D eigenvalue weighted by Crippen LogP contribution is 2.64. The second-order valence-corrected chi connectivity index (χ2v) is 10.5. The predicted octanol–water partition coefficient (Wildman–Crippen LogP) is 5.15. The van der Waals surface area contributed by atoms with Gasteiger partial charge in [-0.2, -0.15) is 5.10 Å². The highest BCUT2D eigenvalue weighted by Gasteiger charge is 2.60. The predicted molar refractivity (Wildman–Crippen MR) is 109 cm³/mol. The Kier molecular flexibility index (Phi) is 4.28. The molecule has 2 unspecified atom stereocenters. The molecular weight excluding hydrogens is 378 g/mol. The second-order valence-electron chi connectivity index (χ2n) is 8.70. The number of halogens is 1. The molecule has 6 heteroatoms. The van der Waals surface area contributed by atoms with Crippen molar-refractivity contribution in [1.82, 2.24) is 9.78 Å². The minimum Gasteiger partial charge on any atom is -0.323 e. The molecule has 4 atom stereocenters. The van der Waals surface area contributed by atoms with Crippen LogP contribution < -0.4 is 5.32 Å². The molecule has 0 radical (unpaired) electrons. The Hall–Kier alpha value is -1.46. The summed E-state index contributed by atoms with van der Waals surface area (Å²) in [5, 5.41) is 7.54. The van der Waals surface area contributed by atoms with Gasteiger partial charge in [-0.1, -0.05) is 18.2 Å². The summed E-state index contributed by atoms with van der Waals surface area (Å²) in [5.41, 5.74) is 0.514. The number of hydrogen-bond acceptors (Lipinski definition) is 3. The van der Waals surface area contributed by atoms with Gasteiger partial charge >= 0.3 is 0 Å². The van der Waals surface area contributed by atoms with E-state index >= 15 is 0 Å². The van der Waals surface area contributed by atoms with E-state index in [0.717, 1.165) is 43.7 Å². The van der Waals surface area contributed by atoms with Crippen LogP contribution in [0.3, 0.4) is 0 Å². The first kappa shape index (κ1) is 17.6. The van der Waals surface area contributed by atoms with Crippen LogP contribution in [0.2, 0.25) is 0 Å². The molecule has 142 valence electrons. The number of rotatable bonds is 5. The first-order chi connectivity index (χ1) is 13.0. The molecule has 4 aliphatic carbocycles. The molecule has 0 saturated heterocycles. The maximum absolute atomic E-state index is 13.2. The van der Waals surface area contributed by atoms with Crippen LogP contribution in [0, 0.1) is 17.3 Å². The highest BCUT2D eigenvalue weighted by atomic mass is 35.5. The fourth-order valence-electron chi connectivity index (χ4n) is 5.84. The summed E-state index contributed by atoms with van der Waals surface area (Å²) in [4.78, 5) is 14.3. The zero-order chi connectivity index (χ0) is 18.5. The van der Waals surface area contributed by atoms with Crippen molar-refractivity contribution in [3.8, 4) is 0 Å². The summed E-state index contributed by atoms with van der Waals surface area (Å²) in [7, 11) is 0. The standard InChI is InChI=1S/C21H24ClN3OS/c22-21-9-15-6-16(10-21)8-20(7-15,13-21)19(26)24-17-11-23-25(12-17)14-27-18-4-2-1-3-5-18/h1-5,11-12,15-16H,6-10,13-14H2,(H,24,26)/t15-,16+,20?,21?. The lowest BCUT2D eigenvalue weighted by Crippen LogP contribution is -2.57. The van der Waals surface area contributed by atoms with Crippen molar-refractivity contribution in [1.29, 1.82) is 0 Å². The van der Waals surface area contributed by atoms with Crippen LogP contribution in [-0.2, 0) is 10.7 Å². The molecule has 4 bridgehead atoms. The van der Waals surface area contributed by atoms with E-state index in [1.54, 1.807) is 18.0 Å². The van der Waals surface area contributed by atoms with E-state index in [1.165, 1.54) is 11.3 Å². The van der Waals surface area contributed by atoms with Gasteiger partial charge in [0.05, 0.1) is 23.2 Å². The third-order valence-corrected chi connectivity index (χ3v) is 7.91. The van der Waals surface area contributed by atoms with Gasteiger partial charge < -0.3 is 5.32 Å². The number of nitrogens with one attached hydrogen (secondary N) is 1. The van der Waals surface area contributed by atoms with Gasteiger partial charge in [0.15, 0.2) is 0 Å². The summed E-state index contributed by atoms with van der Waals surface area (Å²) in [6.07, 6.45) is 9.95. The zero-order valence-corrected chi connectivity index (χ0v) is 16.8. The molecule has 6 rings (SSSR count). The van der Waals surface area contributed by atoms with Crippen molar-refractivity contribution in [3.63, 3.8) is 0 Å². The van der Waals surface area contributed by atoms with Crippen LogP contribution in [0.5, 0.6) is 0 Å². The minimum absolute atomic E-state index is 0.141. The Labute approximate surface area is 169 Å². The average Bonchev–Trinajstić information content (AvgIpc) is 3.06. The number of nitrogens with zero attached hydrogens (tertiary/aromatic N) is 2. The molecule has 4 fully saturated rings. The Bertz CT molecular complexity index is 838. The number of carbonyl (C=O) groups excluding carboxylic acids is 1. The van der Waals surface area contributed by atoms with E-state index in [1.807, 2.05) is 29.1 Å². The number of aromatic nitrogens is 2. The normalized spacial score (nSPS) is 34.0. The van der Waals surface area contributed by atoms with Crippen LogP contribution in [-0.4, -0.2) is 20.6 Å². The maximum Gasteiger partial charge on any atom is 0.230 e. The summed E-state index contributed by atoms with van der Waals surface area (Å²) in [6.45, 7) is 0. The second kappa shape index (κ2) is 6.56. The molecule has 4 aliphatic rings. The van der Waals surface area contributed by atoms with Crippen LogP contribution in [0.4, 0.5) is 5.69 Å². The average molecular weight is 402 g/mol. The molecular formula is C21H24ClN3OS. The number of anilines is 1. The quantitative estimate of drug-likeness (QED) is 0.556. The molecule has 1 N–H and O–H groups in total. The van der Waals surface area contributed by atoms with Crippen molar-refractivity contribution in [2.75, 3.05) is 5.32 Å². The van der Waals surface area contributed by atoms with E-state index < -0.39 is 0 Å². The topological polar surface area (TPSA) is 46.9 Å². The molecule has 4 saturated carbocycles. The summed E-state index contributed by atoms with van der Waals surface area (Å²) in [5.74, 6) is 2.12. The van der Waals surface area contributed by atoms with Crippen LogP contribution >= 0.6 is 23.4 Å². The van der Waals surface area contributed by atoms with E-state index in [2.05, 4.69) is 22.5 Å². The Morgan fingerprint density at radius 2 is 1.96 bits per heavy atom. The van der Waals surface area contributed by atoms with Gasteiger partial charge in [0, 0.05) is 16.0 Å². The van der Waals surface area contributed by atoms with Gasteiger partial charge in [-0.25, -0.2) is 0 Å². The first-order valence-corrected chi connectivity index (χ1v) is 11.1. The minimum atomic E-state index is -0.271. The van der Waals surface area contributed by atoms with Gasteiger partial charge in [-0.3, -0.25) is 9.48 Å². The van der Waals surface area contributed by atoms with Crippen LogP contribution in [0.1, 0.15) is 38.5 Å². The first-order valence-electron chi connectivity index (χ1n) is 9.73. The molecule has 1 aromatic carbocycles. The third-order valence-electron chi connectivity index (χ3n) is 6.47. The molecule has 2 aromatic rings. The number of amides is 1. The molecule has 0 aliphatic heterocycles. The molecule has 4 nitrogen and oxygen atoms in total. The Morgan fingerprint density at radius 3 is 2.67 bits per heavy atom. The number of alkyl halides is 1. The molecule has 27 heavy (non-hydrogen) atoms. The van der Waals surface area contributed by atoms with Crippen molar-refractivity contribution >= 4 is 35.0 Å². The lowest BCUT2D eigenvalue weighted by Gasteiger charge is -2.59. The Balaban J connectivity index is 1.25. The van der Waals surface area contributed by atoms with Gasteiger partial charge in [0.2, 0.25) is 5.91 Å². The number of carbonyl (C=O) groups is 1. The van der Waals surface area contributed by atoms with Crippen molar-refractivity contribution in [2.45, 2.75) is 54.2 Å². The van der Waals surface area contributed by atoms with Gasteiger partial charge in [-0.05, 0) is 62.5 Å². The Morgan fingerprint density at radius 1 is 1.22 bits per heavy atom. The van der Waals surface area contributed by atoms with Crippen molar-refractivity contribution < 1.29 is 4.79 Å². The fourth-order valence-corrected chi connectivity index (χ4v) is 7.30. The third kappa shape index (κ3) is 3.40. The lowest BCUT2D eigenvalue weighted by atomic mass is 9.49. The number of thioether (sulfide) groups is 1. The monoisotopic (exact) mass is 401 g/mol. The van der Waals surface area contributed by atoms with Crippen molar-refractivity contribution in [3.05, 3.63) is 42.7 Å². The van der Waals surface area contributed by atoms with E-state index in [9.17, 15) is 4.79 Å². The molecule has 0 spiro atoms. The van der Waals surface area contributed by atoms with E-state index in [0.29, 0.717) is 11.8 Å². The van der Waals surface area contributed by atoms with Gasteiger partial charge in [0.25, 0.3) is 0 Å². The smallest absolute Gasteiger partial charge is 0.230 e. The number of hydrogen-bond donors (Lipinski definition) is 1. The summed E-state index contributed by atoms with van der Waals surface area (Å²) < 4.78 is 1.87.